The molecule has 2 aromatic rings. The van der Waals surface area contributed by atoms with E-state index in [-0.39, 0.29) is 0 Å². The first-order valence-corrected chi connectivity index (χ1v) is 9.07. The van der Waals surface area contributed by atoms with E-state index in [9.17, 15) is 0 Å². The molecular weight excluding hydrogens is 292 g/mol. The minimum Gasteiger partial charge on any atom is -0.309 e. The van der Waals surface area contributed by atoms with Crippen LogP contribution in [0.1, 0.15) is 40.2 Å². The van der Waals surface area contributed by atoms with Crippen LogP contribution in [0.15, 0.2) is 42.5 Å². The van der Waals surface area contributed by atoms with Gasteiger partial charge in [-0.1, -0.05) is 42.5 Å². The lowest BCUT2D eigenvalue weighted by Crippen LogP contribution is -2.36. The molecule has 1 unspecified atom stereocenters. The van der Waals surface area contributed by atoms with E-state index in [1.54, 1.807) is 5.56 Å². The van der Waals surface area contributed by atoms with E-state index < -0.39 is 0 Å². The maximum atomic E-state index is 2.65. The molecule has 2 aromatic carbocycles. The summed E-state index contributed by atoms with van der Waals surface area (Å²) in [5, 5.41) is 0. The predicted octanol–water partition coefficient (Wildman–Crippen LogP) is 4.20. The molecule has 1 aliphatic heterocycles. The van der Waals surface area contributed by atoms with E-state index in [2.05, 4.69) is 80.2 Å². The molecule has 3 rings (SSSR count). The first-order chi connectivity index (χ1) is 11.6. The molecule has 0 aromatic heterocycles. The highest BCUT2D eigenvalue weighted by molar-refractivity contribution is 5.46. The Bertz CT molecular complexity index is 676. The third-order valence-electron chi connectivity index (χ3n) is 5.39. The van der Waals surface area contributed by atoms with Crippen LogP contribution in [0.3, 0.4) is 0 Å². The Morgan fingerprint density at radius 3 is 2.50 bits per heavy atom. The van der Waals surface area contributed by atoms with Crippen molar-refractivity contribution in [2.75, 3.05) is 33.7 Å². The fourth-order valence-electron chi connectivity index (χ4n) is 3.83. The zero-order valence-electron chi connectivity index (χ0n) is 15.5. The second-order valence-corrected chi connectivity index (χ2v) is 7.43. The van der Waals surface area contributed by atoms with Gasteiger partial charge in [0.15, 0.2) is 0 Å². The third kappa shape index (κ3) is 3.71. The summed E-state index contributed by atoms with van der Waals surface area (Å²) in [6, 6.07) is 15.7. The van der Waals surface area contributed by atoms with Crippen molar-refractivity contribution in [3.8, 4) is 0 Å². The second-order valence-electron chi connectivity index (χ2n) is 7.43. The fraction of sp³-hybridized carbons (Fsp3) is 0.455. The summed E-state index contributed by atoms with van der Waals surface area (Å²) < 4.78 is 0. The van der Waals surface area contributed by atoms with Crippen LogP contribution in [0.5, 0.6) is 0 Å². The lowest BCUT2D eigenvalue weighted by Gasteiger charge is -2.36. The molecule has 0 radical (unpaired) electrons. The van der Waals surface area contributed by atoms with Crippen molar-refractivity contribution in [1.82, 2.24) is 9.80 Å². The fourth-order valence-corrected chi connectivity index (χ4v) is 3.83. The highest BCUT2D eigenvalue weighted by Crippen LogP contribution is 2.35. The quantitative estimate of drug-likeness (QED) is 0.814. The first kappa shape index (κ1) is 17.2. The number of aryl methyl sites for hydroxylation is 1. The molecule has 0 bridgehead atoms. The summed E-state index contributed by atoms with van der Waals surface area (Å²) in [5.41, 5.74) is 7.42. The smallest absolute Gasteiger partial charge is 0.0239 e. The Morgan fingerprint density at radius 2 is 1.79 bits per heavy atom. The minimum atomic E-state index is 0.494. The zero-order valence-corrected chi connectivity index (χ0v) is 15.5. The van der Waals surface area contributed by atoms with E-state index in [1.165, 1.54) is 35.2 Å². The summed E-state index contributed by atoms with van der Waals surface area (Å²) in [6.45, 7) is 9.09. The molecule has 0 saturated heterocycles. The van der Waals surface area contributed by atoms with Crippen LogP contribution in [0.25, 0.3) is 0 Å². The molecule has 2 nitrogen and oxygen atoms in total. The Kier molecular flexibility index (Phi) is 5.37. The van der Waals surface area contributed by atoms with Crippen LogP contribution in [-0.2, 0) is 6.54 Å². The van der Waals surface area contributed by atoms with Crippen LogP contribution >= 0.6 is 0 Å². The van der Waals surface area contributed by atoms with Gasteiger partial charge in [0.05, 0.1) is 0 Å². The van der Waals surface area contributed by atoms with Crippen LogP contribution in [-0.4, -0.2) is 43.5 Å². The summed E-state index contributed by atoms with van der Waals surface area (Å²) in [4.78, 5) is 4.93. The van der Waals surface area contributed by atoms with Gasteiger partial charge in [0.1, 0.15) is 0 Å². The lowest BCUT2D eigenvalue weighted by atomic mass is 9.82. The third-order valence-corrected chi connectivity index (χ3v) is 5.39. The highest BCUT2D eigenvalue weighted by Gasteiger charge is 2.27. The highest BCUT2D eigenvalue weighted by atomic mass is 15.1. The molecule has 24 heavy (non-hydrogen) atoms. The normalized spacial score (nSPS) is 18.0. The molecule has 0 spiro atoms. The Morgan fingerprint density at radius 1 is 1.04 bits per heavy atom. The number of hydrogen-bond donors (Lipinski definition) is 0. The van der Waals surface area contributed by atoms with E-state index >= 15 is 0 Å². The number of benzene rings is 2. The molecule has 1 atom stereocenters. The molecule has 0 fully saturated rings. The van der Waals surface area contributed by atoms with Crippen molar-refractivity contribution < 1.29 is 0 Å². The molecule has 1 aliphatic rings. The van der Waals surface area contributed by atoms with E-state index in [0.29, 0.717) is 5.92 Å². The average Bonchev–Trinajstić information content (AvgIpc) is 2.58. The number of hydrogen-bond acceptors (Lipinski definition) is 2. The number of rotatable bonds is 5. The Labute approximate surface area is 147 Å². The molecule has 0 N–H and O–H groups in total. The molecule has 128 valence electrons. The van der Waals surface area contributed by atoms with Crippen molar-refractivity contribution in [2.24, 2.45) is 0 Å². The Balaban J connectivity index is 1.90. The van der Waals surface area contributed by atoms with Crippen molar-refractivity contribution in [3.63, 3.8) is 0 Å². The standard InChI is InChI=1S/C22H30N2/c1-17-11-12-20-21(18(17)2)15-24(14-8-13-23(3)4)16-22(20)19-9-6-5-7-10-19/h5-7,9-12,22H,8,13-16H2,1-4H3. The van der Waals surface area contributed by atoms with Gasteiger partial charge in [-0.3, -0.25) is 4.90 Å². The van der Waals surface area contributed by atoms with Gasteiger partial charge < -0.3 is 4.90 Å². The van der Waals surface area contributed by atoms with Crippen molar-refractivity contribution in [3.05, 3.63) is 70.3 Å². The Hall–Kier alpha value is -1.64. The van der Waals surface area contributed by atoms with E-state index in [4.69, 9.17) is 0 Å². The van der Waals surface area contributed by atoms with Gasteiger partial charge in [0, 0.05) is 19.0 Å². The monoisotopic (exact) mass is 322 g/mol. The average molecular weight is 322 g/mol. The summed E-state index contributed by atoms with van der Waals surface area (Å²) in [6.07, 6.45) is 1.23. The van der Waals surface area contributed by atoms with Crippen LogP contribution < -0.4 is 0 Å². The largest absolute Gasteiger partial charge is 0.309 e. The van der Waals surface area contributed by atoms with Crippen LogP contribution in [0.2, 0.25) is 0 Å². The van der Waals surface area contributed by atoms with Gasteiger partial charge in [0.2, 0.25) is 0 Å². The first-order valence-electron chi connectivity index (χ1n) is 9.07. The maximum Gasteiger partial charge on any atom is 0.0239 e. The zero-order chi connectivity index (χ0) is 17.1. The molecule has 0 aliphatic carbocycles. The van der Waals surface area contributed by atoms with E-state index in [1.807, 2.05) is 0 Å². The van der Waals surface area contributed by atoms with Gasteiger partial charge >= 0.3 is 0 Å². The summed E-state index contributed by atoms with van der Waals surface area (Å²) in [5.74, 6) is 0.494. The predicted molar refractivity (Wildman–Crippen MR) is 103 cm³/mol. The van der Waals surface area contributed by atoms with Crippen molar-refractivity contribution in [1.29, 1.82) is 0 Å². The maximum absolute atomic E-state index is 2.65. The van der Waals surface area contributed by atoms with Crippen molar-refractivity contribution >= 4 is 0 Å². The number of nitrogens with zero attached hydrogens (tertiary/aromatic N) is 2. The molecule has 0 amide bonds. The number of fused-ring (bicyclic) bond motifs is 1. The van der Waals surface area contributed by atoms with Crippen LogP contribution in [0, 0.1) is 13.8 Å². The van der Waals surface area contributed by atoms with Gasteiger partial charge in [-0.25, -0.2) is 0 Å². The second kappa shape index (κ2) is 7.50. The van der Waals surface area contributed by atoms with Gasteiger partial charge in [0.25, 0.3) is 0 Å². The van der Waals surface area contributed by atoms with Gasteiger partial charge in [-0.15, -0.1) is 0 Å². The summed E-state index contributed by atoms with van der Waals surface area (Å²) in [7, 11) is 4.32. The molecule has 2 heteroatoms. The molecule has 1 heterocycles. The van der Waals surface area contributed by atoms with E-state index in [0.717, 1.165) is 19.6 Å². The minimum absolute atomic E-state index is 0.494. The van der Waals surface area contributed by atoms with Crippen molar-refractivity contribution in [2.45, 2.75) is 32.7 Å². The SMILES string of the molecule is Cc1ccc2c(c1C)CN(CCCN(C)C)CC2c1ccccc1. The molecular formula is C22H30N2. The topological polar surface area (TPSA) is 6.48 Å². The summed E-state index contributed by atoms with van der Waals surface area (Å²) >= 11 is 0. The van der Waals surface area contributed by atoms with Crippen LogP contribution in [0.4, 0.5) is 0 Å². The molecule has 0 saturated carbocycles. The van der Waals surface area contributed by atoms with Gasteiger partial charge in [-0.2, -0.15) is 0 Å². The lowest BCUT2D eigenvalue weighted by molar-refractivity contribution is 0.226. The van der Waals surface area contributed by atoms with Gasteiger partial charge in [-0.05, 0) is 75.3 Å².